The zero-order chi connectivity index (χ0) is 56.4. The monoisotopic (exact) mass is 1100 g/mol. The average molecular weight is 1100 g/mol. The van der Waals surface area contributed by atoms with Crippen LogP contribution in [0.15, 0.2) is 36.5 Å². The summed E-state index contributed by atoms with van der Waals surface area (Å²) in [4.78, 5) is 24.6. The van der Waals surface area contributed by atoms with E-state index in [-0.39, 0.29) is 18.5 Å². The molecule has 0 bridgehead atoms. The number of nitrogens with one attached hydrogen (secondary N) is 1. The number of unbranched alkanes of at least 4 members (excludes halogenated alkanes) is 49. The normalized spacial score (nSPS) is 12.7. The molecule has 78 heavy (non-hydrogen) atoms. The van der Waals surface area contributed by atoms with Crippen molar-refractivity contribution in [2.75, 3.05) is 13.2 Å². The molecule has 6 heteroatoms. The number of rotatable bonds is 66. The van der Waals surface area contributed by atoms with Gasteiger partial charge in [0.2, 0.25) is 5.91 Å². The Morgan fingerprint density at radius 3 is 1.01 bits per heavy atom. The highest BCUT2D eigenvalue weighted by molar-refractivity contribution is 5.76. The molecule has 0 radical (unpaired) electrons. The van der Waals surface area contributed by atoms with E-state index in [4.69, 9.17) is 4.74 Å². The van der Waals surface area contributed by atoms with Gasteiger partial charge in [0.05, 0.1) is 25.4 Å². The molecule has 0 saturated heterocycles. The van der Waals surface area contributed by atoms with Crippen LogP contribution in [0.3, 0.4) is 0 Å². The molecular weight excluding hydrogens is 959 g/mol. The van der Waals surface area contributed by atoms with Gasteiger partial charge in [0.1, 0.15) is 0 Å². The minimum absolute atomic E-state index is 0.00706. The van der Waals surface area contributed by atoms with Crippen molar-refractivity contribution in [3.05, 3.63) is 36.5 Å². The molecule has 0 rings (SSSR count). The number of hydrogen-bond acceptors (Lipinski definition) is 5. The van der Waals surface area contributed by atoms with Gasteiger partial charge in [0.25, 0.3) is 0 Å². The predicted octanol–water partition coefficient (Wildman–Crippen LogP) is 22.7. The van der Waals surface area contributed by atoms with Crippen LogP contribution < -0.4 is 5.32 Å². The molecule has 0 fully saturated rings. The third kappa shape index (κ3) is 63.3. The number of carbonyl (C=O) groups is 2. The molecular formula is C72H137NO5. The maximum absolute atomic E-state index is 12.5. The highest BCUT2D eigenvalue weighted by Gasteiger charge is 2.20. The van der Waals surface area contributed by atoms with Gasteiger partial charge < -0.3 is 20.3 Å². The summed E-state index contributed by atoms with van der Waals surface area (Å²) in [5.41, 5.74) is 0. The summed E-state index contributed by atoms with van der Waals surface area (Å²) >= 11 is 0. The van der Waals surface area contributed by atoms with Crippen molar-refractivity contribution in [3.8, 4) is 0 Å². The van der Waals surface area contributed by atoms with Crippen molar-refractivity contribution < 1.29 is 24.5 Å². The lowest BCUT2D eigenvalue weighted by atomic mass is 10.0. The standard InChI is InChI=1S/C72H137NO5/c1-3-5-7-9-11-13-15-17-19-21-33-36-40-44-48-52-56-60-64-70(75)69(68-74)73-71(76)65-61-57-53-49-45-41-37-34-30-28-26-24-22-23-25-27-29-31-35-39-43-47-51-55-59-63-67-78-72(77)66-62-58-54-50-46-42-38-32-20-18-16-14-12-10-8-6-4-2/h12,14,18,20,22,24,69-70,74-75H,3-11,13,15-17,19,21,23,25-68H2,1-2H3,(H,73,76)/b14-12-,20-18-,24-22-. The van der Waals surface area contributed by atoms with E-state index in [2.05, 4.69) is 55.6 Å². The molecule has 2 atom stereocenters. The first kappa shape index (κ1) is 76.1. The van der Waals surface area contributed by atoms with Crippen molar-refractivity contribution in [2.45, 2.75) is 398 Å². The van der Waals surface area contributed by atoms with Gasteiger partial charge in [-0.1, -0.05) is 326 Å². The summed E-state index contributed by atoms with van der Waals surface area (Å²) in [6.45, 7) is 4.96. The van der Waals surface area contributed by atoms with Crippen LogP contribution in [-0.4, -0.2) is 47.4 Å². The summed E-state index contributed by atoms with van der Waals surface area (Å²) < 4.78 is 5.50. The molecule has 3 N–H and O–H groups in total. The van der Waals surface area contributed by atoms with Crippen molar-refractivity contribution in [2.24, 2.45) is 0 Å². The first-order valence-electron chi connectivity index (χ1n) is 35.2. The number of amides is 1. The van der Waals surface area contributed by atoms with Crippen LogP contribution in [0.25, 0.3) is 0 Å². The molecule has 0 aromatic rings. The van der Waals surface area contributed by atoms with E-state index in [0.29, 0.717) is 25.9 Å². The first-order chi connectivity index (χ1) is 38.5. The molecule has 0 aromatic heterocycles. The van der Waals surface area contributed by atoms with E-state index in [1.807, 2.05) is 0 Å². The summed E-state index contributed by atoms with van der Waals surface area (Å²) in [5, 5.41) is 23.4. The van der Waals surface area contributed by atoms with E-state index in [1.165, 1.54) is 302 Å². The van der Waals surface area contributed by atoms with Crippen LogP contribution in [0.2, 0.25) is 0 Å². The SMILES string of the molecule is CCCCC/C=C\C/C=C\CCCCCCCCCC(=O)OCCCCCCCCCCCCCC/C=C\CCCCCCCCCCCCC(=O)NC(CO)C(O)CCCCCCCCCCCCCCCCCCCC. The minimum atomic E-state index is -0.666. The zero-order valence-electron chi connectivity index (χ0n) is 52.7. The Hall–Kier alpha value is -1.92. The first-order valence-corrected chi connectivity index (χ1v) is 35.2. The Morgan fingerprint density at radius 1 is 0.359 bits per heavy atom. The van der Waals surface area contributed by atoms with Gasteiger partial charge in [0.15, 0.2) is 0 Å². The van der Waals surface area contributed by atoms with Crippen LogP contribution in [0, 0.1) is 0 Å². The quantitative estimate of drug-likeness (QED) is 0.0320. The molecule has 6 nitrogen and oxygen atoms in total. The van der Waals surface area contributed by atoms with Crippen molar-refractivity contribution in [1.82, 2.24) is 5.32 Å². The van der Waals surface area contributed by atoms with Gasteiger partial charge in [0, 0.05) is 12.8 Å². The van der Waals surface area contributed by atoms with Crippen LogP contribution >= 0.6 is 0 Å². The smallest absolute Gasteiger partial charge is 0.305 e. The van der Waals surface area contributed by atoms with Crippen molar-refractivity contribution in [3.63, 3.8) is 0 Å². The molecule has 0 aliphatic heterocycles. The fourth-order valence-electron chi connectivity index (χ4n) is 11.0. The zero-order valence-corrected chi connectivity index (χ0v) is 52.7. The second-order valence-electron chi connectivity index (χ2n) is 24.2. The molecule has 0 aliphatic rings. The topological polar surface area (TPSA) is 95.9 Å². The van der Waals surface area contributed by atoms with Crippen molar-refractivity contribution >= 4 is 11.9 Å². The lowest BCUT2D eigenvalue weighted by molar-refractivity contribution is -0.143. The third-order valence-electron chi connectivity index (χ3n) is 16.4. The fourth-order valence-corrected chi connectivity index (χ4v) is 11.0. The predicted molar refractivity (Wildman–Crippen MR) is 343 cm³/mol. The van der Waals surface area contributed by atoms with Gasteiger partial charge >= 0.3 is 5.97 Å². The number of ether oxygens (including phenoxy) is 1. The highest BCUT2D eigenvalue weighted by atomic mass is 16.5. The largest absolute Gasteiger partial charge is 0.466 e. The number of esters is 1. The van der Waals surface area contributed by atoms with Gasteiger partial charge in [-0.3, -0.25) is 9.59 Å². The van der Waals surface area contributed by atoms with Crippen molar-refractivity contribution in [1.29, 1.82) is 0 Å². The molecule has 1 amide bonds. The number of carbonyl (C=O) groups excluding carboxylic acids is 2. The van der Waals surface area contributed by atoms with E-state index in [9.17, 15) is 19.8 Å². The Balaban J connectivity index is 3.39. The van der Waals surface area contributed by atoms with Crippen LogP contribution in [0.5, 0.6) is 0 Å². The second-order valence-corrected chi connectivity index (χ2v) is 24.2. The van der Waals surface area contributed by atoms with E-state index in [1.54, 1.807) is 0 Å². The fraction of sp³-hybridized carbons (Fsp3) is 0.889. The molecule has 460 valence electrons. The summed E-state index contributed by atoms with van der Waals surface area (Å²) in [7, 11) is 0. The van der Waals surface area contributed by atoms with E-state index < -0.39 is 12.1 Å². The van der Waals surface area contributed by atoms with E-state index in [0.717, 1.165) is 51.4 Å². The van der Waals surface area contributed by atoms with Gasteiger partial charge in [-0.2, -0.15) is 0 Å². The minimum Gasteiger partial charge on any atom is -0.466 e. The maximum Gasteiger partial charge on any atom is 0.305 e. The Morgan fingerprint density at radius 2 is 0.641 bits per heavy atom. The molecule has 0 heterocycles. The lowest BCUT2D eigenvalue weighted by Crippen LogP contribution is -2.45. The number of aliphatic hydroxyl groups is 2. The molecule has 2 unspecified atom stereocenters. The number of aliphatic hydroxyl groups excluding tert-OH is 2. The number of hydrogen-bond donors (Lipinski definition) is 3. The van der Waals surface area contributed by atoms with E-state index >= 15 is 0 Å². The summed E-state index contributed by atoms with van der Waals surface area (Å²) in [6.07, 6.45) is 86.1. The van der Waals surface area contributed by atoms with Crippen LogP contribution in [0.1, 0.15) is 386 Å². The summed E-state index contributed by atoms with van der Waals surface area (Å²) in [5.74, 6) is -0.0266. The average Bonchev–Trinajstić information content (AvgIpc) is 3.44. The number of allylic oxidation sites excluding steroid dienone is 6. The lowest BCUT2D eigenvalue weighted by Gasteiger charge is -2.22. The summed E-state index contributed by atoms with van der Waals surface area (Å²) in [6, 6.07) is -0.544. The highest BCUT2D eigenvalue weighted by Crippen LogP contribution is 2.18. The van der Waals surface area contributed by atoms with Gasteiger partial charge in [-0.05, 0) is 83.5 Å². The third-order valence-corrected chi connectivity index (χ3v) is 16.4. The molecule has 0 saturated carbocycles. The maximum atomic E-state index is 12.5. The molecule has 0 spiro atoms. The molecule has 0 aromatic carbocycles. The van der Waals surface area contributed by atoms with Crippen LogP contribution in [-0.2, 0) is 14.3 Å². The Labute approximate surface area is 487 Å². The van der Waals surface area contributed by atoms with Crippen LogP contribution in [0.4, 0.5) is 0 Å². The molecule has 0 aliphatic carbocycles. The Bertz CT molecular complexity index is 1260. The Kier molecular flexibility index (Phi) is 65.9. The van der Waals surface area contributed by atoms with Gasteiger partial charge in [-0.15, -0.1) is 0 Å². The second kappa shape index (κ2) is 67.6. The van der Waals surface area contributed by atoms with Gasteiger partial charge in [-0.25, -0.2) is 0 Å².